The number of benzene rings is 1. The second-order valence-electron chi connectivity index (χ2n) is 6.94. The van der Waals surface area contributed by atoms with Crippen molar-refractivity contribution in [3.05, 3.63) is 29.3 Å². The number of methoxy groups -OCH3 is 1. The van der Waals surface area contributed by atoms with E-state index in [9.17, 15) is 14.4 Å². The van der Waals surface area contributed by atoms with E-state index in [1.54, 1.807) is 24.0 Å². The molecule has 1 aromatic carbocycles. The molecule has 0 saturated carbocycles. The lowest BCUT2D eigenvalue weighted by Crippen LogP contribution is -2.66. The van der Waals surface area contributed by atoms with E-state index in [0.29, 0.717) is 25.9 Å². The number of fused-ring (bicyclic) bond motifs is 1. The number of amides is 3. The zero-order chi connectivity index (χ0) is 18.8. The predicted octanol–water partition coefficient (Wildman–Crippen LogP) is 0.448. The van der Waals surface area contributed by atoms with Gasteiger partial charge in [0.2, 0.25) is 17.7 Å². The number of nitrogens with zero attached hydrogens (tertiary/aromatic N) is 3. The van der Waals surface area contributed by atoms with Gasteiger partial charge in [0.15, 0.2) is 0 Å². The summed E-state index contributed by atoms with van der Waals surface area (Å²) < 4.78 is 5.32. The van der Waals surface area contributed by atoms with Crippen LogP contribution in [0.5, 0.6) is 5.75 Å². The van der Waals surface area contributed by atoms with Crippen LogP contribution in [0.2, 0.25) is 0 Å². The van der Waals surface area contributed by atoms with Crippen molar-refractivity contribution in [3.63, 3.8) is 0 Å². The van der Waals surface area contributed by atoms with Gasteiger partial charge in [-0.05, 0) is 30.5 Å². The molecule has 26 heavy (non-hydrogen) atoms. The first-order chi connectivity index (χ1) is 12.4. The highest BCUT2D eigenvalue weighted by Gasteiger charge is 2.42. The van der Waals surface area contributed by atoms with Crippen molar-refractivity contribution in [3.8, 4) is 5.75 Å². The number of likely N-dealkylation sites (N-methyl/N-ethyl adjacent to an activating group) is 1. The normalized spacial score (nSPS) is 20.3. The van der Waals surface area contributed by atoms with Crippen LogP contribution in [0.3, 0.4) is 0 Å². The van der Waals surface area contributed by atoms with Gasteiger partial charge < -0.3 is 19.4 Å². The molecule has 0 bridgehead atoms. The predicted molar refractivity (Wildman–Crippen MR) is 95.8 cm³/mol. The second-order valence-corrected chi connectivity index (χ2v) is 6.94. The third-order valence-corrected chi connectivity index (χ3v) is 5.19. The molecule has 0 aromatic heterocycles. The number of piperazine rings is 2. The standard InChI is InChI=1S/C19H25N3O4/c1-13-4-5-14(10-16(13)26-3)6-7-17(23)21-8-9-22-15(11-21)19(25)20(2)12-18(22)24/h4-5,10,15H,6-9,11-12H2,1-3H3. The molecule has 0 spiro atoms. The van der Waals surface area contributed by atoms with Gasteiger partial charge in [-0.25, -0.2) is 0 Å². The average Bonchev–Trinajstić information content (AvgIpc) is 2.64. The molecule has 0 aliphatic carbocycles. The Hall–Kier alpha value is -2.57. The van der Waals surface area contributed by atoms with Gasteiger partial charge in [0, 0.05) is 26.6 Å². The van der Waals surface area contributed by atoms with Gasteiger partial charge in [-0.2, -0.15) is 0 Å². The molecule has 1 atom stereocenters. The smallest absolute Gasteiger partial charge is 0.247 e. The highest BCUT2D eigenvalue weighted by atomic mass is 16.5. The van der Waals surface area contributed by atoms with E-state index in [1.807, 2.05) is 25.1 Å². The fraction of sp³-hybridized carbons (Fsp3) is 0.526. The maximum atomic E-state index is 12.6. The molecule has 3 amide bonds. The van der Waals surface area contributed by atoms with Gasteiger partial charge in [-0.15, -0.1) is 0 Å². The number of carbonyl (C=O) groups is 3. The minimum Gasteiger partial charge on any atom is -0.496 e. The summed E-state index contributed by atoms with van der Waals surface area (Å²) in [5, 5.41) is 0. The fourth-order valence-electron chi connectivity index (χ4n) is 3.57. The Morgan fingerprint density at radius 1 is 1.27 bits per heavy atom. The number of carbonyl (C=O) groups excluding carboxylic acids is 3. The summed E-state index contributed by atoms with van der Waals surface area (Å²) in [4.78, 5) is 41.8. The Morgan fingerprint density at radius 2 is 2.04 bits per heavy atom. The Bertz CT molecular complexity index is 733. The summed E-state index contributed by atoms with van der Waals surface area (Å²) >= 11 is 0. The largest absolute Gasteiger partial charge is 0.496 e. The van der Waals surface area contributed by atoms with Crippen molar-refractivity contribution in [2.24, 2.45) is 0 Å². The average molecular weight is 359 g/mol. The van der Waals surface area contributed by atoms with Crippen LogP contribution in [0, 0.1) is 6.92 Å². The SMILES string of the molecule is COc1cc(CCC(=O)N2CCN3C(=O)CN(C)C(=O)C3C2)ccc1C. The van der Waals surface area contributed by atoms with Gasteiger partial charge in [0.05, 0.1) is 20.2 Å². The molecule has 3 rings (SSSR count). The summed E-state index contributed by atoms with van der Waals surface area (Å²) in [7, 11) is 3.26. The van der Waals surface area contributed by atoms with E-state index >= 15 is 0 Å². The summed E-state index contributed by atoms with van der Waals surface area (Å²) in [6.07, 6.45) is 0.990. The van der Waals surface area contributed by atoms with Crippen molar-refractivity contribution in [1.82, 2.24) is 14.7 Å². The van der Waals surface area contributed by atoms with Gasteiger partial charge in [-0.3, -0.25) is 14.4 Å². The Labute approximate surface area is 153 Å². The quantitative estimate of drug-likeness (QED) is 0.783. The Morgan fingerprint density at radius 3 is 2.77 bits per heavy atom. The molecule has 2 aliphatic heterocycles. The van der Waals surface area contributed by atoms with Gasteiger partial charge >= 0.3 is 0 Å². The van der Waals surface area contributed by atoms with Crippen LogP contribution in [0.4, 0.5) is 0 Å². The van der Waals surface area contributed by atoms with Crippen molar-refractivity contribution in [2.45, 2.75) is 25.8 Å². The van der Waals surface area contributed by atoms with Crippen LogP contribution in [0.25, 0.3) is 0 Å². The van der Waals surface area contributed by atoms with Crippen LogP contribution in [0.1, 0.15) is 17.5 Å². The molecule has 2 saturated heterocycles. The maximum Gasteiger partial charge on any atom is 0.247 e. The van der Waals surface area contributed by atoms with Crippen LogP contribution in [0.15, 0.2) is 18.2 Å². The molecule has 0 N–H and O–H groups in total. The van der Waals surface area contributed by atoms with Gasteiger partial charge in [-0.1, -0.05) is 12.1 Å². The van der Waals surface area contributed by atoms with Crippen molar-refractivity contribution >= 4 is 17.7 Å². The third-order valence-electron chi connectivity index (χ3n) is 5.19. The first-order valence-electron chi connectivity index (χ1n) is 8.86. The summed E-state index contributed by atoms with van der Waals surface area (Å²) in [5.74, 6) is 0.692. The van der Waals surface area contributed by atoms with Crippen molar-refractivity contribution in [1.29, 1.82) is 0 Å². The van der Waals surface area contributed by atoms with Crippen LogP contribution in [-0.2, 0) is 20.8 Å². The van der Waals surface area contributed by atoms with E-state index in [2.05, 4.69) is 0 Å². The first kappa shape index (κ1) is 18.2. The topological polar surface area (TPSA) is 70.2 Å². The van der Waals surface area contributed by atoms with Crippen LogP contribution in [-0.4, -0.2) is 78.8 Å². The monoisotopic (exact) mass is 359 g/mol. The zero-order valence-electron chi connectivity index (χ0n) is 15.5. The van der Waals surface area contributed by atoms with Crippen LogP contribution < -0.4 is 4.74 Å². The lowest BCUT2D eigenvalue weighted by molar-refractivity contribution is -0.160. The summed E-state index contributed by atoms with van der Waals surface area (Å²) in [6, 6.07) is 5.40. The van der Waals surface area contributed by atoms with Gasteiger partial charge in [0.1, 0.15) is 11.8 Å². The van der Waals surface area contributed by atoms with E-state index < -0.39 is 6.04 Å². The van der Waals surface area contributed by atoms with E-state index in [0.717, 1.165) is 16.9 Å². The Kier molecular flexibility index (Phi) is 5.15. The molecular formula is C19H25N3O4. The number of hydrogen-bond donors (Lipinski definition) is 0. The minimum absolute atomic E-state index is 0.0117. The lowest BCUT2D eigenvalue weighted by Gasteiger charge is -2.45. The molecule has 2 heterocycles. The summed E-state index contributed by atoms with van der Waals surface area (Å²) in [6.45, 7) is 3.29. The number of hydrogen-bond acceptors (Lipinski definition) is 4. The first-order valence-corrected chi connectivity index (χ1v) is 8.86. The third kappa shape index (κ3) is 3.52. The fourth-order valence-corrected chi connectivity index (χ4v) is 3.57. The highest BCUT2D eigenvalue weighted by molar-refractivity contribution is 5.95. The minimum atomic E-state index is -0.543. The number of aryl methyl sites for hydroxylation is 2. The number of ether oxygens (including phenoxy) is 1. The molecule has 2 aliphatic rings. The lowest BCUT2D eigenvalue weighted by atomic mass is 10.0. The highest BCUT2D eigenvalue weighted by Crippen LogP contribution is 2.21. The molecule has 7 heteroatoms. The summed E-state index contributed by atoms with van der Waals surface area (Å²) in [5.41, 5.74) is 2.10. The molecule has 2 fully saturated rings. The molecule has 7 nitrogen and oxygen atoms in total. The Balaban J connectivity index is 1.60. The van der Waals surface area contributed by atoms with Gasteiger partial charge in [0.25, 0.3) is 0 Å². The van der Waals surface area contributed by atoms with Crippen molar-refractivity contribution in [2.75, 3.05) is 40.3 Å². The van der Waals surface area contributed by atoms with E-state index in [1.165, 1.54) is 4.90 Å². The molecule has 1 unspecified atom stereocenters. The van der Waals surface area contributed by atoms with Crippen LogP contribution >= 0.6 is 0 Å². The molecule has 1 aromatic rings. The van der Waals surface area contributed by atoms with E-state index in [-0.39, 0.29) is 30.8 Å². The zero-order valence-corrected chi connectivity index (χ0v) is 15.5. The number of rotatable bonds is 4. The second kappa shape index (κ2) is 7.35. The van der Waals surface area contributed by atoms with E-state index in [4.69, 9.17) is 4.74 Å². The molecule has 140 valence electrons. The molecule has 0 radical (unpaired) electrons. The maximum absolute atomic E-state index is 12.6. The molecular weight excluding hydrogens is 334 g/mol. The van der Waals surface area contributed by atoms with Crippen molar-refractivity contribution < 1.29 is 19.1 Å².